The maximum absolute atomic E-state index is 13.0. The zero-order valence-corrected chi connectivity index (χ0v) is 15.4. The van der Waals surface area contributed by atoms with Crippen LogP contribution >= 0.6 is 27.7 Å². The van der Waals surface area contributed by atoms with Gasteiger partial charge in [0.25, 0.3) is 0 Å². The second-order valence-electron chi connectivity index (χ2n) is 6.13. The molecule has 0 aliphatic carbocycles. The molecular formula is C19H16BrF3S. The molecule has 0 saturated carbocycles. The second kappa shape index (κ2) is 6.26. The highest BCUT2D eigenvalue weighted by Gasteiger charge is 2.42. The molecule has 2 aromatic carbocycles. The van der Waals surface area contributed by atoms with Gasteiger partial charge in [-0.05, 0) is 36.6 Å². The van der Waals surface area contributed by atoms with Crippen molar-refractivity contribution >= 4 is 27.7 Å². The van der Waals surface area contributed by atoms with Crippen LogP contribution in [0.25, 0.3) is 0 Å². The zero-order chi connectivity index (χ0) is 17.4. The summed E-state index contributed by atoms with van der Waals surface area (Å²) in [6.45, 7) is 2.11. The third-order valence-electron chi connectivity index (χ3n) is 4.01. The Morgan fingerprint density at radius 3 is 2.38 bits per heavy atom. The van der Waals surface area contributed by atoms with Crippen molar-refractivity contribution in [1.82, 2.24) is 0 Å². The van der Waals surface area contributed by atoms with Gasteiger partial charge in [-0.3, -0.25) is 0 Å². The molecule has 0 spiro atoms. The molecule has 0 amide bonds. The third-order valence-corrected chi connectivity index (χ3v) is 6.64. The van der Waals surface area contributed by atoms with E-state index in [4.69, 9.17) is 0 Å². The Hall–Kier alpha value is -1.20. The van der Waals surface area contributed by atoms with E-state index in [0.717, 1.165) is 12.5 Å². The van der Waals surface area contributed by atoms with Gasteiger partial charge in [0.15, 0.2) is 0 Å². The molecule has 0 saturated heterocycles. The third kappa shape index (κ3) is 3.72. The Kier molecular flexibility index (Phi) is 4.60. The van der Waals surface area contributed by atoms with Gasteiger partial charge in [0.2, 0.25) is 0 Å². The van der Waals surface area contributed by atoms with Crippen LogP contribution in [0.2, 0.25) is 0 Å². The summed E-state index contributed by atoms with van der Waals surface area (Å²) in [6, 6.07) is 15.6. The number of hydrogen-bond acceptors (Lipinski definition) is 1. The first kappa shape index (κ1) is 17.6. The second-order valence-corrected chi connectivity index (χ2v) is 9.69. The fourth-order valence-corrected chi connectivity index (χ4v) is 5.77. The SMILES string of the molecule is CC1(Cc2ccccc2)C=CC(Br)(c2cccc(C(F)(F)F)c2)S1. The van der Waals surface area contributed by atoms with E-state index in [-0.39, 0.29) is 4.75 Å². The molecule has 0 fully saturated rings. The molecule has 1 heterocycles. The van der Waals surface area contributed by atoms with Crippen LogP contribution in [0.5, 0.6) is 0 Å². The highest BCUT2D eigenvalue weighted by Crippen LogP contribution is 2.56. The molecule has 0 radical (unpaired) electrons. The summed E-state index contributed by atoms with van der Waals surface area (Å²) in [5.41, 5.74) is 1.19. The van der Waals surface area contributed by atoms with E-state index in [1.54, 1.807) is 17.8 Å². The lowest BCUT2D eigenvalue weighted by atomic mass is 9.99. The van der Waals surface area contributed by atoms with E-state index in [1.807, 2.05) is 24.3 Å². The van der Waals surface area contributed by atoms with E-state index >= 15 is 0 Å². The van der Waals surface area contributed by atoms with Crippen LogP contribution in [0, 0.1) is 0 Å². The molecule has 1 aliphatic heterocycles. The maximum Gasteiger partial charge on any atom is 0.416 e. The van der Waals surface area contributed by atoms with Crippen LogP contribution in [-0.2, 0) is 16.3 Å². The molecule has 0 N–H and O–H groups in total. The molecular weight excluding hydrogens is 397 g/mol. The van der Waals surface area contributed by atoms with Crippen LogP contribution in [-0.4, -0.2) is 4.75 Å². The van der Waals surface area contributed by atoms with Gasteiger partial charge < -0.3 is 0 Å². The number of halogens is 4. The average Bonchev–Trinajstić information content (AvgIpc) is 2.84. The number of hydrogen-bond donors (Lipinski definition) is 0. The van der Waals surface area contributed by atoms with E-state index < -0.39 is 15.4 Å². The fourth-order valence-electron chi connectivity index (χ4n) is 2.85. The molecule has 2 atom stereocenters. The average molecular weight is 413 g/mol. The Morgan fingerprint density at radius 2 is 1.71 bits per heavy atom. The fraction of sp³-hybridized carbons (Fsp3) is 0.263. The van der Waals surface area contributed by atoms with Crippen LogP contribution in [0.15, 0.2) is 66.7 Å². The van der Waals surface area contributed by atoms with E-state index in [0.29, 0.717) is 5.56 Å². The summed E-state index contributed by atoms with van der Waals surface area (Å²) in [7, 11) is 0. The Labute approximate surface area is 152 Å². The number of benzene rings is 2. The van der Waals surface area contributed by atoms with Crippen molar-refractivity contribution in [2.75, 3.05) is 0 Å². The number of thioether (sulfide) groups is 1. The highest BCUT2D eigenvalue weighted by molar-refractivity contribution is 9.11. The van der Waals surface area contributed by atoms with E-state index in [2.05, 4.69) is 41.1 Å². The summed E-state index contributed by atoms with van der Waals surface area (Å²) >= 11 is 5.27. The smallest absolute Gasteiger partial charge is 0.166 e. The molecule has 0 bridgehead atoms. The van der Waals surface area contributed by atoms with E-state index in [9.17, 15) is 13.2 Å². The monoisotopic (exact) mass is 412 g/mol. The van der Waals surface area contributed by atoms with Gasteiger partial charge in [-0.1, -0.05) is 70.5 Å². The lowest BCUT2D eigenvalue weighted by Gasteiger charge is -2.28. The molecule has 0 nitrogen and oxygen atoms in total. The minimum Gasteiger partial charge on any atom is -0.166 e. The van der Waals surface area contributed by atoms with Crippen LogP contribution in [0.4, 0.5) is 13.2 Å². The largest absolute Gasteiger partial charge is 0.416 e. The predicted molar refractivity (Wildman–Crippen MR) is 97.3 cm³/mol. The summed E-state index contributed by atoms with van der Waals surface area (Å²) in [5.74, 6) is 0. The summed E-state index contributed by atoms with van der Waals surface area (Å²) in [5, 5.41) is 0. The van der Waals surface area contributed by atoms with Crippen molar-refractivity contribution in [1.29, 1.82) is 0 Å². The van der Waals surface area contributed by atoms with E-state index in [1.165, 1.54) is 17.7 Å². The quantitative estimate of drug-likeness (QED) is 0.406. The number of alkyl halides is 4. The minimum absolute atomic E-state index is 0.181. The first-order valence-electron chi connectivity index (χ1n) is 7.51. The van der Waals surface area contributed by atoms with Crippen molar-refractivity contribution < 1.29 is 13.2 Å². The zero-order valence-electron chi connectivity index (χ0n) is 13.0. The topological polar surface area (TPSA) is 0 Å². The lowest BCUT2D eigenvalue weighted by Crippen LogP contribution is -2.21. The first-order chi connectivity index (χ1) is 11.2. The van der Waals surface area contributed by atoms with Crippen molar-refractivity contribution in [2.24, 2.45) is 0 Å². The molecule has 24 heavy (non-hydrogen) atoms. The minimum atomic E-state index is -4.33. The maximum atomic E-state index is 13.0. The first-order valence-corrected chi connectivity index (χ1v) is 9.12. The Morgan fingerprint density at radius 1 is 1.00 bits per heavy atom. The van der Waals surface area contributed by atoms with Crippen LogP contribution in [0.1, 0.15) is 23.6 Å². The molecule has 3 rings (SSSR count). The molecule has 2 aromatic rings. The normalized spacial score (nSPS) is 26.7. The predicted octanol–water partition coefficient (Wildman–Crippen LogP) is 6.56. The number of rotatable bonds is 3. The van der Waals surface area contributed by atoms with Gasteiger partial charge in [0.1, 0.15) is 3.66 Å². The summed E-state index contributed by atoms with van der Waals surface area (Å²) in [6.07, 6.45) is 0.525. The molecule has 126 valence electrons. The summed E-state index contributed by atoms with van der Waals surface area (Å²) < 4.78 is 38.1. The summed E-state index contributed by atoms with van der Waals surface area (Å²) in [4.78, 5) is 0. The standard InChI is InChI=1S/C19H16BrF3S/c1-17(13-14-6-3-2-4-7-14)10-11-18(20,24-17)15-8-5-9-16(12-15)19(21,22)23/h2-12H,13H2,1H3. The lowest BCUT2D eigenvalue weighted by molar-refractivity contribution is -0.137. The Balaban J connectivity index is 1.85. The van der Waals surface area contributed by atoms with Gasteiger partial charge >= 0.3 is 6.18 Å². The molecule has 1 aliphatic rings. The van der Waals surface area contributed by atoms with Crippen molar-refractivity contribution in [3.63, 3.8) is 0 Å². The molecule has 0 aromatic heterocycles. The van der Waals surface area contributed by atoms with Gasteiger partial charge in [0.05, 0.1) is 5.56 Å². The van der Waals surface area contributed by atoms with Crippen molar-refractivity contribution in [3.8, 4) is 0 Å². The van der Waals surface area contributed by atoms with Gasteiger partial charge in [0, 0.05) is 4.75 Å². The van der Waals surface area contributed by atoms with Crippen LogP contribution in [0.3, 0.4) is 0 Å². The van der Waals surface area contributed by atoms with Gasteiger partial charge in [-0.15, -0.1) is 11.8 Å². The molecule has 2 unspecified atom stereocenters. The van der Waals surface area contributed by atoms with Crippen molar-refractivity contribution in [2.45, 2.75) is 27.9 Å². The highest BCUT2D eigenvalue weighted by atomic mass is 79.9. The van der Waals surface area contributed by atoms with Crippen molar-refractivity contribution in [3.05, 3.63) is 83.4 Å². The Bertz CT molecular complexity index is 757. The van der Waals surface area contributed by atoms with Gasteiger partial charge in [-0.25, -0.2) is 0 Å². The van der Waals surface area contributed by atoms with Crippen LogP contribution < -0.4 is 0 Å². The molecule has 5 heteroatoms. The van der Waals surface area contributed by atoms with Gasteiger partial charge in [-0.2, -0.15) is 13.2 Å².